The van der Waals surface area contributed by atoms with Gasteiger partial charge in [0.15, 0.2) is 6.10 Å². The van der Waals surface area contributed by atoms with Crippen molar-refractivity contribution in [3.05, 3.63) is 58.3 Å². The molecule has 22 heavy (non-hydrogen) atoms. The van der Waals surface area contributed by atoms with Gasteiger partial charge in [-0.25, -0.2) is 4.39 Å². The summed E-state index contributed by atoms with van der Waals surface area (Å²) in [6, 6.07) is 12.6. The highest BCUT2D eigenvalue weighted by atomic mass is 79.9. The van der Waals surface area contributed by atoms with Gasteiger partial charge in [0.2, 0.25) is 0 Å². The van der Waals surface area contributed by atoms with E-state index in [1.165, 1.54) is 18.2 Å². The molecule has 1 N–H and O–H groups in total. The van der Waals surface area contributed by atoms with E-state index < -0.39 is 17.8 Å². The minimum atomic E-state index is -0.812. The van der Waals surface area contributed by atoms with E-state index in [0.29, 0.717) is 21.5 Å². The molecule has 0 radical (unpaired) electrons. The lowest BCUT2D eigenvalue weighted by atomic mass is 10.2. The Morgan fingerprint density at radius 3 is 2.77 bits per heavy atom. The van der Waals surface area contributed by atoms with Gasteiger partial charge in [-0.1, -0.05) is 12.1 Å². The van der Waals surface area contributed by atoms with Crippen LogP contribution in [0.25, 0.3) is 0 Å². The van der Waals surface area contributed by atoms with E-state index in [1.54, 1.807) is 31.2 Å². The summed E-state index contributed by atoms with van der Waals surface area (Å²) in [5.41, 5.74) is 0.787. The number of anilines is 1. The normalized spacial score (nSPS) is 11.4. The molecule has 0 aliphatic rings. The van der Waals surface area contributed by atoms with Crippen LogP contribution in [0.4, 0.5) is 10.1 Å². The van der Waals surface area contributed by atoms with Crippen LogP contribution < -0.4 is 10.1 Å². The van der Waals surface area contributed by atoms with Crippen LogP contribution in [0.15, 0.2) is 46.9 Å². The first-order valence-electron chi connectivity index (χ1n) is 6.43. The monoisotopic (exact) mass is 362 g/mol. The van der Waals surface area contributed by atoms with Gasteiger partial charge in [-0.2, -0.15) is 5.26 Å². The average Bonchev–Trinajstić information content (AvgIpc) is 2.50. The summed E-state index contributed by atoms with van der Waals surface area (Å²) in [6.45, 7) is 1.57. The first-order valence-corrected chi connectivity index (χ1v) is 7.22. The maximum Gasteiger partial charge on any atom is 0.265 e. The third-order valence-electron chi connectivity index (χ3n) is 2.87. The summed E-state index contributed by atoms with van der Waals surface area (Å²) in [6.07, 6.45) is -0.812. The molecule has 0 saturated heterocycles. The molecule has 0 heterocycles. The van der Waals surface area contributed by atoms with Crippen molar-refractivity contribution < 1.29 is 13.9 Å². The second-order valence-electron chi connectivity index (χ2n) is 4.48. The highest BCUT2D eigenvalue weighted by Gasteiger charge is 2.17. The molecule has 0 aromatic heterocycles. The molecule has 0 bridgehead atoms. The fraction of sp³-hybridized carbons (Fsp3) is 0.125. The minimum Gasteiger partial charge on any atom is -0.480 e. The summed E-state index contributed by atoms with van der Waals surface area (Å²) in [7, 11) is 0. The van der Waals surface area contributed by atoms with Crippen molar-refractivity contribution in [3.8, 4) is 11.8 Å². The molecule has 0 aliphatic carbocycles. The summed E-state index contributed by atoms with van der Waals surface area (Å²) < 4.78 is 18.9. The van der Waals surface area contributed by atoms with Crippen LogP contribution in [0.5, 0.6) is 5.75 Å². The molecule has 2 aromatic rings. The lowest BCUT2D eigenvalue weighted by Gasteiger charge is -2.16. The molecule has 0 fully saturated rings. The van der Waals surface area contributed by atoms with Crippen LogP contribution in [-0.2, 0) is 4.79 Å². The zero-order valence-electron chi connectivity index (χ0n) is 11.6. The Morgan fingerprint density at radius 2 is 2.09 bits per heavy atom. The molecular weight excluding hydrogens is 351 g/mol. The maximum atomic E-state index is 13.0. The first-order chi connectivity index (χ1) is 10.5. The van der Waals surface area contributed by atoms with Crippen LogP contribution >= 0.6 is 15.9 Å². The molecule has 112 valence electrons. The standard InChI is InChI=1S/C16H12BrFN2O2/c1-10(22-15-7-6-12(18)8-13(15)17)16(21)20-14-5-3-2-4-11(14)9-19/h2-8,10H,1H3,(H,20,21). The van der Waals surface area contributed by atoms with Gasteiger partial charge in [-0.3, -0.25) is 4.79 Å². The van der Waals surface area contributed by atoms with Gasteiger partial charge < -0.3 is 10.1 Å². The molecule has 0 saturated carbocycles. The Bertz CT molecular complexity index is 743. The third kappa shape index (κ3) is 3.83. The molecule has 1 unspecified atom stereocenters. The van der Waals surface area contributed by atoms with E-state index in [4.69, 9.17) is 10.00 Å². The number of benzene rings is 2. The van der Waals surface area contributed by atoms with Gasteiger partial charge in [0.25, 0.3) is 5.91 Å². The van der Waals surface area contributed by atoms with Gasteiger partial charge in [-0.05, 0) is 53.2 Å². The number of rotatable bonds is 4. The second-order valence-corrected chi connectivity index (χ2v) is 5.34. The zero-order valence-corrected chi connectivity index (χ0v) is 13.2. The SMILES string of the molecule is CC(Oc1ccc(F)cc1Br)C(=O)Nc1ccccc1C#N. The molecular formula is C16H12BrFN2O2. The molecule has 0 aliphatic heterocycles. The smallest absolute Gasteiger partial charge is 0.265 e. The lowest BCUT2D eigenvalue weighted by Crippen LogP contribution is -2.30. The van der Waals surface area contributed by atoms with Gasteiger partial charge in [-0.15, -0.1) is 0 Å². The molecule has 2 aromatic carbocycles. The quantitative estimate of drug-likeness (QED) is 0.897. The summed E-state index contributed by atoms with van der Waals surface area (Å²) >= 11 is 3.17. The van der Waals surface area contributed by atoms with Crippen LogP contribution in [0.3, 0.4) is 0 Å². The number of ether oxygens (including phenoxy) is 1. The molecule has 1 amide bonds. The summed E-state index contributed by atoms with van der Waals surface area (Å²) in [4.78, 5) is 12.1. The number of carbonyl (C=O) groups excluding carboxylic acids is 1. The third-order valence-corrected chi connectivity index (χ3v) is 3.49. The van der Waals surface area contributed by atoms with E-state index in [-0.39, 0.29) is 0 Å². The Labute approximate surface area is 135 Å². The predicted octanol–water partition coefficient (Wildman–Crippen LogP) is 3.87. The number of halogens is 2. The Kier molecular flexibility index (Phi) is 5.12. The van der Waals surface area contributed by atoms with Gasteiger partial charge >= 0.3 is 0 Å². The Hall–Kier alpha value is -2.39. The Morgan fingerprint density at radius 1 is 1.36 bits per heavy atom. The van der Waals surface area contributed by atoms with Gasteiger partial charge in [0.1, 0.15) is 17.6 Å². The first kappa shape index (κ1) is 16.0. The van der Waals surface area contributed by atoms with Crippen molar-refractivity contribution in [3.63, 3.8) is 0 Å². The van der Waals surface area contributed by atoms with Crippen molar-refractivity contribution in [1.82, 2.24) is 0 Å². The van der Waals surface area contributed by atoms with E-state index in [9.17, 15) is 9.18 Å². The largest absolute Gasteiger partial charge is 0.480 e. The topological polar surface area (TPSA) is 62.1 Å². The number of hydrogen-bond acceptors (Lipinski definition) is 3. The molecule has 2 rings (SSSR count). The van der Waals surface area contributed by atoms with Crippen molar-refractivity contribution in [2.75, 3.05) is 5.32 Å². The van der Waals surface area contributed by atoms with E-state index in [1.807, 2.05) is 6.07 Å². The number of nitrogens with one attached hydrogen (secondary N) is 1. The lowest BCUT2D eigenvalue weighted by molar-refractivity contribution is -0.122. The van der Waals surface area contributed by atoms with E-state index >= 15 is 0 Å². The Balaban J connectivity index is 2.08. The number of amides is 1. The molecule has 4 nitrogen and oxygen atoms in total. The van der Waals surface area contributed by atoms with Crippen LogP contribution in [-0.4, -0.2) is 12.0 Å². The number of nitrogens with zero attached hydrogens (tertiary/aromatic N) is 1. The molecule has 0 spiro atoms. The fourth-order valence-corrected chi connectivity index (χ4v) is 2.18. The van der Waals surface area contributed by atoms with Crippen LogP contribution in [0.2, 0.25) is 0 Å². The van der Waals surface area contributed by atoms with Crippen molar-refractivity contribution in [2.45, 2.75) is 13.0 Å². The number of carbonyl (C=O) groups is 1. The van der Waals surface area contributed by atoms with Crippen molar-refractivity contribution in [1.29, 1.82) is 5.26 Å². The number of nitriles is 1. The average molecular weight is 363 g/mol. The van der Waals surface area contributed by atoms with Gasteiger partial charge in [0, 0.05) is 0 Å². The van der Waals surface area contributed by atoms with E-state index in [0.717, 1.165) is 0 Å². The maximum absolute atomic E-state index is 13.0. The van der Waals surface area contributed by atoms with Crippen LogP contribution in [0, 0.1) is 17.1 Å². The minimum absolute atomic E-state index is 0.359. The van der Waals surface area contributed by atoms with Gasteiger partial charge in [0.05, 0.1) is 15.7 Å². The van der Waals surface area contributed by atoms with E-state index in [2.05, 4.69) is 21.2 Å². The summed E-state index contributed by atoms with van der Waals surface area (Å²) in [5, 5.41) is 11.6. The highest BCUT2D eigenvalue weighted by Crippen LogP contribution is 2.26. The second kappa shape index (κ2) is 7.05. The zero-order chi connectivity index (χ0) is 16.1. The highest BCUT2D eigenvalue weighted by molar-refractivity contribution is 9.10. The van der Waals surface area contributed by atoms with Crippen molar-refractivity contribution >= 4 is 27.5 Å². The number of para-hydroxylation sites is 1. The molecule has 1 atom stereocenters. The fourth-order valence-electron chi connectivity index (χ4n) is 1.74. The summed E-state index contributed by atoms with van der Waals surface area (Å²) in [5.74, 6) is -0.448. The molecule has 6 heteroatoms. The number of hydrogen-bond donors (Lipinski definition) is 1. The predicted molar refractivity (Wildman–Crippen MR) is 84.0 cm³/mol. The van der Waals surface area contributed by atoms with Crippen LogP contribution in [0.1, 0.15) is 12.5 Å². The van der Waals surface area contributed by atoms with Crippen molar-refractivity contribution in [2.24, 2.45) is 0 Å².